The molecule has 0 saturated heterocycles. The molecule has 0 bridgehead atoms. The van der Waals surface area contributed by atoms with Gasteiger partial charge in [0.2, 0.25) is 0 Å². The number of methoxy groups -OCH3 is 1. The highest BCUT2D eigenvalue weighted by molar-refractivity contribution is 7.16. The molecule has 0 radical (unpaired) electrons. The fourth-order valence-corrected chi connectivity index (χ4v) is 4.37. The monoisotopic (exact) mass is 430 g/mol. The highest BCUT2D eigenvalue weighted by Crippen LogP contribution is 2.30. The Labute approximate surface area is 179 Å². The minimum atomic E-state index is -0.120. The van der Waals surface area contributed by atoms with Crippen molar-refractivity contribution in [2.45, 2.75) is 27.2 Å². The number of ether oxygens (including phenoxy) is 2. The van der Waals surface area contributed by atoms with Crippen molar-refractivity contribution in [3.05, 3.63) is 51.2 Å². The Bertz CT molecular complexity index is 963. The van der Waals surface area contributed by atoms with Crippen molar-refractivity contribution >= 4 is 28.6 Å². The first kappa shape index (κ1) is 21.3. The van der Waals surface area contributed by atoms with E-state index in [2.05, 4.69) is 41.7 Å². The summed E-state index contributed by atoms with van der Waals surface area (Å²) in [6.45, 7) is 7.36. The third-order valence-electron chi connectivity index (χ3n) is 4.19. The fourth-order valence-electron chi connectivity index (χ4n) is 2.71. The molecule has 0 saturated carbocycles. The SMILES string of the molecule is COc1cc(C(=O)NCCc2ccc(-c3csc(C)n3)s2)ccc1OCC(C)C. The zero-order valence-electron chi connectivity index (χ0n) is 17.2. The smallest absolute Gasteiger partial charge is 0.251 e. The Balaban J connectivity index is 1.55. The maximum atomic E-state index is 12.5. The van der Waals surface area contributed by atoms with Gasteiger partial charge in [-0.1, -0.05) is 13.8 Å². The van der Waals surface area contributed by atoms with Gasteiger partial charge in [0.1, 0.15) is 0 Å². The van der Waals surface area contributed by atoms with Crippen LogP contribution in [0.2, 0.25) is 0 Å². The van der Waals surface area contributed by atoms with Gasteiger partial charge in [-0.3, -0.25) is 4.79 Å². The maximum absolute atomic E-state index is 12.5. The van der Waals surface area contributed by atoms with Crippen LogP contribution < -0.4 is 14.8 Å². The molecule has 0 aliphatic carbocycles. The van der Waals surface area contributed by atoms with Gasteiger partial charge >= 0.3 is 0 Å². The Kier molecular flexibility index (Phi) is 7.28. The van der Waals surface area contributed by atoms with Crippen molar-refractivity contribution in [2.75, 3.05) is 20.3 Å². The molecule has 1 aromatic carbocycles. The number of hydrogen-bond donors (Lipinski definition) is 1. The van der Waals surface area contributed by atoms with Crippen LogP contribution in [0.25, 0.3) is 10.6 Å². The number of nitrogens with zero attached hydrogens (tertiary/aromatic N) is 1. The highest BCUT2D eigenvalue weighted by atomic mass is 32.1. The lowest BCUT2D eigenvalue weighted by Crippen LogP contribution is -2.25. The topological polar surface area (TPSA) is 60.5 Å². The van der Waals surface area contributed by atoms with Crippen LogP contribution in [-0.4, -0.2) is 31.2 Å². The van der Waals surface area contributed by atoms with E-state index in [1.165, 1.54) is 4.88 Å². The lowest BCUT2D eigenvalue weighted by atomic mass is 10.2. The zero-order valence-corrected chi connectivity index (χ0v) is 18.8. The molecule has 2 heterocycles. The molecule has 3 aromatic rings. The number of rotatable bonds is 9. The van der Waals surface area contributed by atoms with Crippen LogP contribution in [0.3, 0.4) is 0 Å². The summed E-state index contributed by atoms with van der Waals surface area (Å²) in [5.41, 5.74) is 1.59. The molecule has 1 N–H and O–H groups in total. The number of benzene rings is 1. The first-order chi connectivity index (χ1) is 14.0. The summed E-state index contributed by atoms with van der Waals surface area (Å²) in [5.74, 6) is 1.52. The van der Waals surface area contributed by atoms with Crippen molar-refractivity contribution < 1.29 is 14.3 Å². The summed E-state index contributed by atoms with van der Waals surface area (Å²) < 4.78 is 11.1. The highest BCUT2D eigenvalue weighted by Gasteiger charge is 2.12. The molecule has 2 aromatic heterocycles. The van der Waals surface area contributed by atoms with Gasteiger partial charge < -0.3 is 14.8 Å². The number of hydrogen-bond acceptors (Lipinski definition) is 6. The predicted octanol–water partition coefficient (Wildman–Crippen LogP) is 5.20. The van der Waals surface area contributed by atoms with Crippen LogP contribution in [0.4, 0.5) is 0 Å². The number of thiophene rings is 1. The first-order valence-electron chi connectivity index (χ1n) is 9.56. The minimum absolute atomic E-state index is 0.120. The van der Waals surface area contributed by atoms with Gasteiger partial charge in [0, 0.05) is 22.4 Å². The summed E-state index contributed by atoms with van der Waals surface area (Å²) >= 11 is 3.37. The molecule has 29 heavy (non-hydrogen) atoms. The summed E-state index contributed by atoms with van der Waals surface area (Å²) in [7, 11) is 1.58. The van der Waals surface area contributed by atoms with Crippen LogP contribution in [0, 0.1) is 12.8 Å². The Morgan fingerprint density at radius 1 is 1.21 bits per heavy atom. The molecule has 7 heteroatoms. The molecular formula is C22H26N2O3S2. The first-order valence-corrected chi connectivity index (χ1v) is 11.3. The Morgan fingerprint density at radius 3 is 2.72 bits per heavy atom. The molecule has 3 rings (SSSR count). The van der Waals surface area contributed by atoms with Gasteiger partial charge in [-0.05, 0) is 49.6 Å². The maximum Gasteiger partial charge on any atom is 0.251 e. The van der Waals surface area contributed by atoms with Crippen molar-refractivity contribution in [3.63, 3.8) is 0 Å². The predicted molar refractivity (Wildman–Crippen MR) is 120 cm³/mol. The van der Waals surface area contributed by atoms with Crippen molar-refractivity contribution in [1.82, 2.24) is 10.3 Å². The molecule has 1 amide bonds. The molecule has 0 fully saturated rings. The van der Waals surface area contributed by atoms with E-state index in [0.717, 1.165) is 22.0 Å². The van der Waals surface area contributed by atoms with E-state index in [1.54, 1.807) is 48.0 Å². The molecular weight excluding hydrogens is 404 g/mol. The fraction of sp³-hybridized carbons (Fsp3) is 0.364. The summed E-state index contributed by atoms with van der Waals surface area (Å²) in [6.07, 6.45) is 0.784. The molecule has 0 spiro atoms. The van der Waals surface area contributed by atoms with Gasteiger partial charge in [-0.15, -0.1) is 22.7 Å². The number of nitrogens with one attached hydrogen (secondary N) is 1. The van der Waals surface area contributed by atoms with Crippen LogP contribution in [0.15, 0.2) is 35.7 Å². The second-order valence-electron chi connectivity index (χ2n) is 7.09. The lowest BCUT2D eigenvalue weighted by molar-refractivity contribution is 0.0953. The van der Waals surface area contributed by atoms with Gasteiger partial charge in [0.25, 0.3) is 5.91 Å². The Hall–Kier alpha value is -2.38. The number of carbonyl (C=O) groups excluding carboxylic acids is 1. The van der Waals surface area contributed by atoms with Gasteiger partial charge in [-0.2, -0.15) is 0 Å². The molecule has 154 valence electrons. The van der Waals surface area contributed by atoms with Gasteiger partial charge in [0.05, 0.1) is 29.3 Å². The van der Waals surface area contributed by atoms with Gasteiger partial charge in [-0.25, -0.2) is 4.98 Å². The molecule has 0 aliphatic rings. The number of thiazole rings is 1. The summed E-state index contributed by atoms with van der Waals surface area (Å²) in [5, 5.41) is 6.13. The van der Waals surface area contributed by atoms with Crippen molar-refractivity contribution in [1.29, 1.82) is 0 Å². The normalized spacial score (nSPS) is 10.9. The van der Waals surface area contributed by atoms with Crippen molar-refractivity contribution in [3.8, 4) is 22.1 Å². The van der Waals surface area contributed by atoms with E-state index in [0.29, 0.717) is 36.1 Å². The second-order valence-corrected chi connectivity index (χ2v) is 9.32. The molecule has 0 aliphatic heterocycles. The number of amides is 1. The molecule has 0 unspecified atom stereocenters. The standard InChI is InChI=1S/C22H26N2O3S2/c1-14(2)12-27-19-7-5-16(11-20(19)26-4)22(25)23-10-9-17-6-8-21(29-17)18-13-28-15(3)24-18/h5-8,11,13-14H,9-10,12H2,1-4H3,(H,23,25). The van der Waals surface area contributed by atoms with Crippen LogP contribution in [0.1, 0.15) is 34.1 Å². The summed E-state index contributed by atoms with van der Waals surface area (Å²) in [4.78, 5) is 19.4. The van der Waals surface area contributed by atoms with Crippen LogP contribution >= 0.6 is 22.7 Å². The largest absolute Gasteiger partial charge is 0.493 e. The number of carbonyl (C=O) groups is 1. The molecule has 5 nitrogen and oxygen atoms in total. The van der Waals surface area contributed by atoms with E-state index in [4.69, 9.17) is 9.47 Å². The van der Waals surface area contributed by atoms with Crippen LogP contribution in [0.5, 0.6) is 11.5 Å². The minimum Gasteiger partial charge on any atom is -0.493 e. The third kappa shape index (κ3) is 5.81. The quantitative estimate of drug-likeness (QED) is 0.507. The van der Waals surface area contributed by atoms with E-state index in [1.807, 2.05) is 6.92 Å². The zero-order chi connectivity index (χ0) is 20.8. The van der Waals surface area contributed by atoms with Crippen molar-refractivity contribution in [2.24, 2.45) is 5.92 Å². The lowest BCUT2D eigenvalue weighted by Gasteiger charge is -2.13. The van der Waals surface area contributed by atoms with E-state index < -0.39 is 0 Å². The van der Waals surface area contributed by atoms with Gasteiger partial charge in [0.15, 0.2) is 11.5 Å². The average molecular weight is 431 g/mol. The van der Waals surface area contributed by atoms with E-state index >= 15 is 0 Å². The van der Waals surface area contributed by atoms with Crippen LogP contribution in [-0.2, 0) is 6.42 Å². The number of aryl methyl sites for hydroxylation is 1. The second kappa shape index (κ2) is 9.89. The average Bonchev–Trinajstić information content (AvgIpc) is 3.35. The Morgan fingerprint density at radius 2 is 2.03 bits per heavy atom. The number of aromatic nitrogens is 1. The van der Waals surface area contributed by atoms with E-state index in [9.17, 15) is 4.79 Å². The molecule has 0 atom stereocenters. The van der Waals surface area contributed by atoms with E-state index in [-0.39, 0.29) is 5.91 Å². The third-order valence-corrected chi connectivity index (χ3v) is 6.13. The summed E-state index contributed by atoms with van der Waals surface area (Å²) in [6, 6.07) is 9.47.